The number of fused-ring (bicyclic) bond motifs is 1. The molecule has 1 heterocycles. The lowest BCUT2D eigenvalue weighted by molar-refractivity contribution is -0.123. The second-order valence-electron chi connectivity index (χ2n) is 7.89. The SMILES string of the molecule is CC1(C)CCOc2cc(OCC(=O)NCc3ccc(NS(C)(=O)=O)c(F)c3)ccc21. The molecule has 1 amide bonds. The molecule has 0 fully saturated rings. The quantitative estimate of drug-likeness (QED) is 0.696. The number of sulfonamides is 1. The van der Waals surface area contributed by atoms with E-state index in [1.54, 1.807) is 6.07 Å². The number of nitrogens with one attached hydrogen (secondary N) is 2. The monoisotopic (exact) mass is 436 g/mol. The summed E-state index contributed by atoms with van der Waals surface area (Å²) in [4.78, 5) is 12.1. The van der Waals surface area contributed by atoms with Crippen LogP contribution >= 0.6 is 0 Å². The third-order valence-corrected chi connectivity index (χ3v) is 5.45. The molecule has 0 radical (unpaired) electrons. The van der Waals surface area contributed by atoms with E-state index < -0.39 is 15.8 Å². The lowest BCUT2D eigenvalue weighted by Gasteiger charge is -2.32. The molecule has 0 aliphatic carbocycles. The highest BCUT2D eigenvalue weighted by Crippen LogP contribution is 2.39. The van der Waals surface area contributed by atoms with Crippen LogP contribution in [0.3, 0.4) is 0 Å². The minimum atomic E-state index is -3.57. The van der Waals surface area contributed by atoms with E-state index in [0.717, 1.165) is 30.1 Å². The van der Waals surface area contributed by atoms with Gasteiger partial charge in [0.1, 0.15) is 17.3 Å². The summed E-state index contributed by atoms with van der Waals surface area (Å²) < 4.78 is 49.7. The van der Waals surface area contributed by atoms with E-state index in [1.807, 2.05) is 12.1 Å². The molecule has 0 atom stereocenters. The minimum absolute atomic E-state index is 0.0329. The molecule has 30 heavy (non-hydrogen) atoms. The Kier molecular flexibility index (Phi) is 6.21. The normalized spacial score (nSPS) is 14.9. The Balaban J connectivity index is 1.53. The van der Waals surface area contributed by atoms with Crippen molar-refractivity contribution >= 4 is 21.6 Å². The van der Waals surface area contributed by atoms with E-state index in [-0.39, 0.29) is 30.2 Å². The van der Waals surface area contributed by atoms with Gasteiger partial charge in [-0.2, -0.15) is 0 Å². The van der Waals surface area contributed by atoms with Crippen LogP contribution in [0.5, 0.6) is 11.5 Å². The molecule has 0 saturated heterocycles. The molecule has 3 rings (SSSR count). The lowest BCUT2D eigenvalue weighted by Crippen LogP contribution is -2.29. The Morgan fingerprint density at radius 2 is 2.00 bits per heavy atom. The maximum Gasteiger partial charge on any atom is 0.258 e. The van der Waals surface area contributed by atoms with E-state index in [2.05, 4.69) is 23.9 Å². The van der Waals surface area contributed by atoms with Crippen LogP contribution in [0.15, 0.2) is 36.4 Å². The minimum Gasteiger partial charge on any atom is -0.493 e. The van der Waals surface area contributed by atoms with Gasteiger partial charge in [0.25, 0.3) is 5.91 Å². The van der Waals surface area contributed by atoms with Gasteiger partial charge >= 0.3 is 0 Å². The first kappa shape index (κ1) is 21.9. The number of rotatable bonds is 7. The summed E-state index contributed by atoms with van der Waals surface area (Å²) in [5, 5.41) is 2.64. The Morgan fingerprint density at radius 3 is 2.70 bits per heavy atom. The van der Waals surface area contributed by atoms with Crippen molar-refractivity contribution in [2.75, 3.05) is 24.2 Å². The standard InChI is InChI=1S/C21H25FN2O5S/c1-21(2)8-9-28-19-11-15(5-6-16(19)21)29-13-20(25)23-12-14-4-7-18(17(22)10-14)24-30(3,26)27/h4-7,10-11,24H,8-9,12-13H2,1-3H3,(H,23,25). The lowest BCUT2D eigenvalue weighted by atomic mass is 9.80. The topological polar surface area (TPSA) is 93.7 Å². The first-order valence-electron chi connectivity index (χ1n) is 9.46. The van der Waals surface area contributed by atoms with Gasteiger partial charge < -0.3 is 14.8 Å². The molecule has 0 saturated carbocycles. The van der Waals surface area contributed by atoms with Crippen LogP contribution in [0.1, 0.15) is 31.4 Å². The summed E-state index contributed by atoms with van der Waals surface area (Å²) in [5.74, 6) is 0.208. The first-order chi connectivity index (χ1) is 14.0. The number of hydrogen-bond acceptors (Lipinski definition) is 5. The second-order valence-corrected chi connectivity index (χ2v) is 9.64. The fourth-order valence-electron chi connectivity index (χ4n) is 3.17. The molecule has 2 aromatic rings. The van der Waals surface area contributed by atoms with Crippen LogP contribution in [0.2, 0.25) is 0 Å². The number of hydrogen-bond donors (Lipinski definition) is 2. The summed E-state index contributed by atoms with van der Waals surface area (Å²) >= 11 is 0. The molecule has 0 spiro atoms. The number of halogens is 1. The Morgan fingerprint density at radius 1 is 1.23 bits per heavy atom. The summed E-state index contributed by atoms with van der Waals surface area (Å²) in [6.07, 6.45) is 1.88. The molecule has 1 aliphatic heterocycles. The average Bonchev–Trinajstić information content (AvgIpc) is 2.65. The average molecular weight is 437 g/mol. The second kappa shape index (κ2) is 8.51. The molecular weight excluding hydrogens is 411 g/mol. The summed E-state index contributed by atoms with van der Waals surface area (Å²) in [6.45, 7) is 4.85. The van der Waals surface area contributed by atoms with Gasteiger partial charge in [-0.05, 0) is 35.6 Å². The zero-order valence-electron chi connectivity index (χ0n) is 17.1. The fraction of sp³-hybridized carbons (Fsp3) is 0.381. The van der Waals surface area contributed by atoms with E-state index in [4.69, 9.17) is 9.47 Å². The molecule has 2 aromatic carbocycles. The molecular formula is C21H25FN2O5S. The first-order valence-corrected chi connectivity index (χ1v) is 11.4. The number of ether oxygens (including phenoxy) is 2. The number of benzene rings is 2. The van der Waals surface area contributed by atoms with E-state index in [0.29, 0.717) is 17.9 Å². The maximum atomic E-state index is 14.0. The summed E-state index contributed by atoms with van der Waals surface area (Å²) in [6, 6.07) is 9.55. The molecule has 0 aromatic heterocycles. The van der Waals surface area contributed by atoms with E-state index in [1.165, 1.54) is 12.1 Å². The fourth-order valence-corrected chi connectivity index (χ4v) is 3.74. The van der Waals surface area contributed by atoms with Crippen molar-refractivity contribution in [3.05, 3.63) is 53.3 Å². The third kappa shape index (κ3) is 5.63. The van der Waals surface area contributed by atoms with E-state index in [9.17, 15) is 17.6 Å². The highest BCUT2D eigenvalue weighted by Gasteiger charge is 2.28. The van der Waals surface area contributed by atoms with Gasteiger partial charge in [-0.25, -0.2) is 12.8 Å². The van der Waals surface area contributed by atoms with Gasteiger partial charge in [0.2, 0.25) is 10.0 Å². The Labute approximate surface area is 175 Å². The number of carbonyl (C=O) groups excluding carboxylic acids is 1. The van der Waals surface area contributed by atoms with Crippen molar-refractivity contribution < 1.29 is 27.1 Å². The van der Waals surface area contributed by atoms with Gasteiger partial charge in [-0.15, -0.1) is 0 Å². The predicted molar refractivity (Wildman–Crippen MR) is 112 cm³/mol. The van der Waals surface area contributed by atoms with Crippen LogP contribution in [0.4, 0.5) is 10.1 Å². The van der Waals surface area contributed by atoms with Gasteiger partial charge in [0.05, 0.1) is 18.6 Å². The van der Waals surface area contributed by atoms with Crippen molar-refractivity contribution in [2.24, 2.45) is 0 Å². The Bertz CT molecular complexity index is 1050. The Hall–Kier alpha value is -2.81. The van der Waals surface area contributed by atoms with Crippen molar-refractivity contribution in [3.8, 4) is 11.5 Å². The molecule has 0 bridgehead atoms. The molecule has 9 heteroatoms. The van der Waals surface area contributed by atoms with Gasteiger partial charge in [0.15, 0.2) is 6.61 Å². The van der Waals surface area contributed by atoms with Gasteiger partial charge in [-0.1, -0.05) is 26.0 Å². The van der Waals surface area contributed by atoms with Crippen LogP contribution < -0.4 is 19.5 Å². The third-order valence-electron chi connectivity index (χ3n) is 4.86. The number of amides is 1. The van der Waals surface area contributed by atoms with Gasteiger partial charge in [0, 0.05) is 18.2 Å². The molecule has 0 unspecified atom stereocenters. The predicted octanol–water partition coefficient (Wildman–Crippen LogP) is 2.95. The highest BCUT2D eigenvalue weighted by atomic mass is 32.2. The largest absolute Gasteiger partial charge is 0.493 e. The van der Waals surface area contributed by atoms with Crippen LogP contribution in [-0.2, 0) is 26.8 Å². The zero-order chi connectivity index (χ0) is 21.9. The highest BCUT2D eigenvalue weighted by molar-refractivity contribution is 7.92. The molecule has 7 nitrogen and oxygen atoms in total. The van der Waals surface area contributed by atoms with Crippen LogP contribution in [-0.4, -0.2) is 33.8 Å². The number of anilines is 1. The van der Waals surface area contributed by atoms with Crippen LogP contribution in [0.25, 0.3) is 0 Å². The molecule has 2 N–H and O–H groups in total. The zero-order valence-corrected chi connectivity index (χ0v) is 17.9. The molecule has 162 valence electrons. The number of carbonyl (C=O) groups is 1. The van der Waals surface area contributed by atoms with Crippen molar-refractivity contribution in [1.29, 1.82) is 0 Å². The maximum absolute atomic E-state index is 14.0. The van der Waals surface area contributed by atoms with Crippen molar-refractivity contribution in [3.63, 3.8) is 0 Å². The van der Waals surface area contributed by atoms with E-state index >= 15 is 0 Å². The van der Waals surface area contributed by atoms with Crippen molar-refractivity contribution in [2.45, 2.75) is 32.2 Å². The van der Waals surface area contributed by atoms with Crippen LogP contribution in [0, 0.1) is 5.82 Å². The summed E-state index contributed by atoms with van der Waals surface area (Å²) in [7, 11) is -3.57. The van der Waals surface area contributed by atoms with Gasteiger partial charge in [-0.3, -0.25) is 9.52 Å². The van der Waals surface area contributed by atoms with Crippen molar-refractivity contribution in [1.82, 2.24) is 5.32 Å². The molecule has 1 aliphatic rings. The summed E-state index contributed by atoms with van der Waals surface area (Å²) in [5.41, 5.74) is 1.49. The smallest absolute Gasteiger partial charge is 0.258 e.